The average Bonchev–Trinajstić information content (AvgIpc) is 3.45. The minimum absolute atomic E-state index is 0.152. The quantitative estimate of drug-likeness (QED) is 0.105. The van der Waals surface area contributed by atoms with Gasteiger partial charge < -0.3 is 14.5 Å². The molecule has 4 aromatic rings. The fourth-order valence-electron chi connectivity index (χ4n) is 3.12. The largest absolute Gasteiger partial charge is 0.459 e. The Morgan fingerprint density at radius 3 is 2.49 bits per heavy atom. The molecule has 8 nitrogen and oxygen atoms in total. The van der Waals surface area contributed by atoms with Crippen molar-refractivity contribution >= 4 is 47.4 Å². The highest BCUT2D eigenvalue weighted by atomic mass is 35.5. The van der Waals surface area contributed by atoms with Crippen molar-refractivity contribution in [2.24, 2.45) is 5.10 Å². The molecule has 1 aromatic heterocycles. The van der Waals surface area contributed by atoms with Gasteiger partial charge in [0.25, 0.3) is 11.8 Å². The predicted octanol–water partition coefficient (Wildman–Crippen LogP) is 5.57. The van der Waals surface area contributed by atoms with Crippen LogP contribution in [-0.4, -0.2) is 24.0 Å². The monoisotopic (exact) mass is 513 g/mol. The van der Waals surface area contributed by atoms with Gasteiger partial charge in [-0.2, -0.15) is 5.10 Å². The van der Waals surface area contributed by atoms with Gasteiger partial charge in [-0.3, -0.25) is 9.59 Å². The number of benzene rings is 3. The van der Waals surface area contributed by atoms with Crippen LogP contribution in [0.1, 0.15) is 32.0 Å². The van der Waals surface area contributed by atoms with E-state index in [-0.39, 0.29) is 17.1 Å². The molecule has 1 heterocycles. The number of rotatable bonds is 8. The van der Waals surface area contributed by atoms with Crippen molar-refractivity contribution in [2.75, 3.05) is 5.32 Å². The Morgan fingerprint density at radius 1 is 0.892 bits per heavy atom. The van der Waals surface area contributed by atoms with Crippen molar-refractivity contribution in [3.63, 3.8) is 0 Å². The third-order valence-electron chi connectivity index (χ3n) is 4.91. The Labute approximate surface area is 217 Å². The third-order valence-corrected chi connectivity index (χ3v) is 5.16. The fraction of sp³-hybridized carbons (Fsp3) is 0. The lowest BCUT2D eigenvalue weighted by molar-refractivity contribution is -0.128. The number of amides is 2. The summed E-state index contributed by atoms with van der Waals surface area (Å²) in [6, 6.07) is 23.3. The number of carbonyl (C=O) groups excluding carboxylic acids is 3. The van der Waals surface area contributed by atoms with E-state index in [9.17, 15) is 14.4 Å². The second-order valence-electron chi connectivity index (χ2n) is 7.56. The van der Waals surface area contributed by atoms with Gasteiger partial charge in [-0.1, -0.05) is 41.9 Å². The van der Waals surface area contributed by atoms with Gasteiger partial charge in [0.1, 0.15) is 5.75 Å². The molecular weight excluding hydrogens is 494 g/mol. The summed E-state index contributed by atoms with van der Waals surface area (Å²) in [5, 5.41) is 7.23. The molecule has 0 atom stereocenters. The number of carbonyl (C=O) groups is 3. The van der Waals surface area contributed by atoms with Crippen molar-refractivity contribution < 1.29 is 23.5 Å². The molecule has 0 fully saturated rings. The van der Waals surface area contributed by atoms with Crippen molar-refractivity contribution in [1.29, 1.82) is 0 Å². The Bertz CT molecular complexity index is 1460. The van der Waals surface area contributed by atoms with Crippen molar-refractivity contribution in [2.45, 2.75) is 0 Å². The van der Waals surface area contributed by atoms with Crippen molar-refractivity contribution in [1.82, 2.24) is 5.43 Å². The van der Waals surface area contributed by atoms with Gasteiger partial charge in [0.05, 0.1) is 12.5 Å². The van der Waals surface area contributed by atoms with Gasteiger partial charge in [0.15, 0.2) is 5.76 Å². The summed E-state index contributed by atoms with van der Waals surface area (Å²) in [5.74, 6) is -1.08. The van der Waals surface area contributed by atoms with E-state index >= 15 is 0 Å². The molecule has 0 aliphatic heterocycles. The number of halogens is 1. The summed E-state index contributed by atoms with van der Waals surface area (Å²) in [6.45, 7) is 0. The van der Waals surface area contributed by atoms with Crippen LogP contribution in [0.3, 0.4) is 0 Å². The summed E-state index contributed by atoms with van der Waals surface area (Å²) < 4.78 is 10.5. The Balaban J connectivity index is 1.36. The molecule has 0 spiro atoms. The number of furan rings is 1. The predicted molar refractivity (Wildman–Crippen MR) is 141 cm³/mol. The van der Waals surface area contributed by atoms with E-state index in [0.717, 1.165) is 5.56 Å². The second-order valence-corrected chi connectivity index (χ2v) is 7.99. The van der Waals surface area contributed by atoms with Gasteiger partial charge in [0, 0.05) is 27.9 Å². The van der Waals surface area contributed by atoms with Crippen molar-refractivity contribution in [3.05, 3.63) is 125 Å². The number of hydrogen-bond donors (Lipinski definition) is 2. The molecule has 37 heavy (non-hydrogen) atoms. The minimum Gasteiger partial charge on any atom is -0.459 e. The number of anilines is 1. The first-order valence-electron chi connectivity index (χ1n) is 11.0. The standard InChI is InChI=1S/C28H20ClN3O5/c29-22-13-10-19(11-14-22)12-15-26(33)37-24-8-2-1-5-21(24)18-30-32-27(34)20-6-3-7-23(17-20)31-28(35)25-9-4-16-36-25/h1-18H,(H,31,35)(H,32,34)/b15-12+,30-18?. The van der Waals surface area contributed by atoms with Crippen LogP contribution < -0.4 is 15.5 Å². The highest BCUT2D eigenvalue weighted by molar-refractivity contribution is 6.30. The number of esters is 1. The van der Waals surface area contributed by atoms with Crippen LogP contribution >= 0.6 is 11.6 Å². The van der Waals surface area contributed by atoms with Gasteiger partial charge >= 0.3 is 5.97 Å². The number of ether oxygens (including phenoxy) is 1. The summed E-state index contributed by atoms with van der Waals surface area (Å²) >= 11 is 5.87. The first-order chi connectivity index (χ1) is 18.0. The molecular formula is C28H20ClN3O5. The molecule has 9 heteroatoms. The maximum atomic E-state index is 12.5. The number of nitrogens with one attached hydrogen (secondary N) is 2. The van der Waals surface area contributed by atoms with Crippen LogP contribution in [0.4, 0.5) is 5.69 Å². The summed E-state index contributed by atoms with van der Waals surface area (Å²) in [4.78, 5) is 37.0. The molecule has 3 aromatic carbocycles. The number of nitrogens with zero attached hydrogens (tertiary/aromatic N) is 1. The molecule has 0 radical (unpaired) electrons. The second kappa shape index (κ2) is 12.1. The van der Waals surface area contributed by atoms with Crippen molar-refractivity contribution in [3.8, 4) is 5.75 Å². The highest BCUT2D eigenvalue weighted by Gasteiger charge is 2.11. The van der Waals surface area contributed by atoms with Gasteiger partial charge in [0.2, 0.25) is 0 Å². The van der Waals surface area contributed by atoms with Crippen LogP contribution in [0.15, 0.2) is 107 Å². The summed E-state index contributed by atoms with van der Waals surface area (Å²) in [5.41, 5.74) is 4.40. The molecule has 0 saturated carbocycles. The van der Waals surface area contributed by atoms with E-state index in [1.54, 1.807) is 78.9 Å². The van der Waals surface area contributed by atoms with E-state index in [1.807, 2.05) is 0 Å². The zero-order chi connectivity index (χ0) is 26.0. The maximum absolute atomic E-state index is 12.5. The lowest BCUT2D eigenvalue weighted by atomic mass is 10.2. The van der Waals surface area contributed by atoms with Gasteiger partial charge in [-0.25, -0.2) is 10.2 Å². The van der Waals surface area contributed by atoms with E-state index in [1.165, 1.54) is 30.7 Å². The third kappa shape index (κ3) is 7.27. The highest BCUT2D eigenvalue weighted by Crippen LogP contribution is 2.17. The minimum atomic E-state index is -0.576. The smallest absolute Gasteiger partial charge is 0.336 e. The van der Waals surface area contributed by atoms with E-state index < -0.39 is 17.8 Å². The molecule has 0 saturated heterocycles. The Hall–Kier alpha value is -4.95. The fourth-order valence-corrected chi connectivity index (χ4v) is 3.25. The molecule has 0 aliphatic rings. The van der Waals surface area contributed by atoms with E-state index in [0.29, 0.717) is 16.3 Å². The zero-order valence-electron chi connectivity index (χ0n) is 19.3. The summed E-state index contributed by atoms with van der Waals surface area (Å²) in [7, 11) is 0. The number of para-hydroxylation sites is 1. The SMILES string of the molecule is O=C(/C=C/c1ccc(Cl)cc1)Oc1ccccc1C=NNC(=O)c1cccc(NC(=O)c2ccco2)c1. The van der Waals surface area contributed by atoms with Crippen LogP contribution in [0.2, 0.25) is 5.02 Å². The number of hydrogen-bond acceptors (Lipinski definition) is 6. The Kier molecular flexibility index (Phi) is 8.26. The first kappa shape index (κ1) is 25.2. The van der Waals surface area contributed by atoms with Crippen LogP contribution in [-0.2, 0) is 4.79 Å². The average molecular weight is 514 g/mol. The molecule has 2 N–H and O–H groups in total. The normalized spacial score (nSPS) is 10.9. The topological polar surface area (TPSA) is 110 Å². The molecule has 0 aliphatic carbocycles. The molecule has 184 valence electrons. The van der Waals surface area contributed by atoms with E-state index in [2.05, 4.69) is 15.8 Å². The molecule has 0 bridgehead atoms. The van der Waals surface area contributed by atoms with Gasteiger partial charge in [-0.15, -0.1) is 0 Å². The first-order valence-corrected chi connectivity index (χ1v) is 11.4. The molecule has 0 unspecified atom stereocenters. The Morgan fingerprint density at radius 2 is 1.70 bits per heavy atom. The number of hydrazone groups is 1. The summed E-state index contributed by atoms with van der Waals surface area (Å²) in [6.07, 6.45) is 5.68. The zero-order valence-corrected chi connectivity index (χ0v) is 20.0. The van der Waals surface area contributed by atoms with Crippen LogP contribution in [0.25, 0.3) is 6.08 Å². The molecule has 2 amide bonds. The van der Waals surface area contributed by atoms with Crippen LogP contribution in [0.5, 0.6) is 5.75 Å². The van der Waals surface area contributed by atoms with Crippen LogP contribution in [0, 0.1) is 0 Å². The molecule has 4 rings (SSSR count). The lowest BCUT2D eigenvalue weighted by Gasteiger charge is -2.06. The lowest BCUT2D eigenvalue weighted by Crippen LogP contribution is -2.18. The van der Waals surface area contributed by atoms with E-state index in [4.69, 9.17) is 20.8 Å². The maximum Gasteiger partial charge on any atom is 0.336 e. The van der Waals surface area contributed by atoms with Gasteiger partial charge in [-0.05, 0) is 66.2 Å².